The molecule has 0 aromatic rings. The van der Waals surface area contributed by atoms with Crippen molar-refractivity contribution < 1.29 is 34.1 Å². The van der Waals surface area contributed by atoms with Crippen LogP contribution in [-0.4, -0.2) is 53.7 Å². The van der Waals surface area contributed by atoms with Crippen LogP contribution in [0.2, 0.25) is 0 Å². The van der Waals surface area contributed by atoms with Gasteiger partial charge in [-0.3, -0.25) is 9.59 Å². The lowest BCUT2D eigenvalue weighted by Gasteiger charge is -2.17. The summed E-state index contributed by atoms with van der Waals surface area (Å²) >= 11 is 0. The number of nitrogens with two attached hydrogens (primary N) is 1. The van der Waals surface area contributed by atoms with Crippen molar-refractivity contribution in [1.29, 1.82) is 0 Å². The zero-order chi connectivity index (χ0) is 18.5. The van der Waals surface area contributed by atoms with E-state index in [0.717, 1.165) is 19.1 Å². The average Bonchev–Trinajstić information content (AvgIpc) is 2.48. The number of aldehydes is 1. The fourth-order valence-corrected chi connectivity index (χ4v) is 2.06. The molecule has 0 fully saturated rings. The maximum atomic E-state index is 10.6. The van der Waals surface area contributed by atoms with E-state index in [2.05, 4.69) is 10.1 Å². The summed E-state index contributed by atoms with van der Waals surface area (Å²) in [7, 11) is 1.48. The molecule has 24 heavy (non-hydrogen) atoms. The van der Waals surface area contributed by atoms with Gasteiger partial charge in [-0.15, -0.1) is 0 Å². The van der Waals surface area contributed by atoms with Crippen LogP contribution in [-0.2, 0) is 19.1 Å². The van der Waals surface area contributed by atoms with Crippen LogP contribution in [0, 0.1) is 5.92 Å². The van der Waals surface area contributed by atoms with Gasteiger partial charge in [0.25, 0.3) is 0 Å². The van der Waals surface area contributed by atoms with Crippen molar-refractivity contribution in [2.24, 2.45) is 11.7 Å². The van der Waals surface area contributed by atoms with Crippen molar-refractivity contribution in [3.63, 3.8) is 0 Å². The minimum Gasteiger partial charge on any atom is -0.481 e. The van der Waals surface area contributed by atoms with Gasteiger partial charge in [0.1, 0.15) is 12.4 Å². The molecule has 0 saturated heterocycles. The predicted octanol–water partition coefficient (Wildman–Crippen LogP) is 0.529. The summed E-state index contributed by atoms with van der Waals surface area (Å²) in [6, 6.07) is -0.766. The molecule has 1 aliphatic rings. The molecule has 0 heterocycles. The Morgan fingerprint density at radius 3 is 2.42 bits per heavy atom. The number of aliphatic carboxylic acids is 1. The number of primary amides is 1. The van der Waals surface area contributed by atoms with Gasteiger partial charge in [-0.1, -0.05) is 6.08 Å². The second kappa shape index (κ2) is 12.1. The monoisotopic (exact) mass is 344 g/mol. The van der Waals surface area contributed by atoms with E-state index in [-0.39, 0.29) is 12.3 Å². The van der Waals surface area contributed by atoms with Crippen LogP contribution in [0.3, 0.4) is 0 Å². The van der Waals surface area contributed by atoms with Gasteiger partial charge in [-0.05, 0) is 38.8 Å². The third-order valence-corrected chi connectivity index (χ3v) is 3.39. The topological polar surface area (TPSA) is 156 Å². The maximum absolute atomic E-state index is 10.6. The molecule has 5 N–H and O–H groups in total. The highest BCUT2D eigenvalue weighted by molar-refractivity contribution is 5.84. The fourth-order valence-electron chi connectivity index (χ4n) is 2.06. The molecular weight excluding hydrogens is 320 g/mol. The van der Waals surface area contributed by atoms with Crippen LogP contribution in [0.1, 0.15) is 32.1 Å². The Morgan fingerprint density at radius 1 is 1.33 bits per heavy atom. The molecule has 0 aliphatic heterocycles. The summed E-state index contributed by atoms with van der Waals surface area (Å²) in [5, 5.41) is 19.1. The summed E-state index contributed by atoms with van der Waals surface area (Å²) in [6.45, 7) is 0. The van der Waals surface area contributed by atoms with E-state index in [4.69, 9.17) is 15.9 Å². The predicted molar refractivity (Wildman–Crippen MR) is 84.4 cm³/mol. The highest BCUT2D eigenvalue weighted by Crippen LogP contribution is 2.18. The first-order chi connectivity index (χ1) is 11.3. The number of ether oxygens (including phenoxy) is 1. The Balaban J connectivity index is 0.000000470. The van der Waals surface area contributed by atoms with E-state index in [1.807, 2.05) is 6.08 Å². The van der Waals surface area contributed by atoms with Crippen LogP contribution in [0.4, 0.5) is 4.79 Å². The van der Waals surface area contributed by atoms with Crippen molar-refractivity contribution in [1.82, 2.24) is 5.32 Å². The summed E-state index contributed by atoms with van der Waals surface area (Å²) < 4.78 is 4.63. The number of carboxylic acid groups (broad SMARTS) is 2. The molecule has 0 radical (unpaired) electrons. The van der Waals surface area contributed by atoms with Gasteiger partial charge in [-0.25, -0.2) is 4.79 Å². The quantitative estimate of drug-likeness (QED) is 0.309. The molecule has 1 amide bonds. The van der Waals surface area contributed by atoms with Crippen molar-refractivity contribution in [3.05, 3.63) is 12.2 Å². The Bertz CT molecular complexity index is 465. The number of likely N-dealkylation sites (N-methyl/N-ethyl adjacent to an activating group) is 1. The second-order valence-corrected chi connectivity index (χ2v) is 5.24. The van der Waals surface area contributed by atoms with Crippen LogP contribution >= 0.6 is 0 Å². The van der Waals surface area contributed by atoms with E-state index in [0.29, 0.717) is 12.8 Å². The molecule has 0 saturated carbocycles. The van der Waals surface area contributed by atoms with Crippen molar-refractivity contribution in [2.75, 3.05) is 7.05 Å². The van der Waals surface area contributed by atoms with Gasteiger partial charge in [-0.2, -0.15) is 0 Å². The highest BCUT2D eigenvalue weighted by atomic mass is 16.7. The lowest BCUT2D eigenvalue weighted by molar-refractivity contribution is -0.139. The van der Waals surface area contributed by atoms with E-state index < -0.39 is 30.2 Å². The summed E-state index contributed by atoms with van der Waals surface area (Å²) in [5.74, 6) is -1.65. The van der Waals surface area contributed by atoms with E-state index in [1.54, 1.807) is 6.08 Å². The highest BCUT2D eigenvalue weighted by Gasteiger charge is 2.16. The van der Waals surface area contributed by atoms with Crippen molar-refractivity contribution >= 4 is 24.3 Å². The third kappa shape index (κ3) is 10.3. The van der Waals surface area contributed by atoms with Gasteiger partial charge in [0.2, 0.25) is 5.91 Å². The molecule has 0 aromatic heterocycles. The summed E-state index contributed by atoms with van der Waals surface area (Å²) in [4.78, 5) is 41.3. The Labute approximate surface area is 139 Å². The van der Waals surface area contributed by atoms with E-state index in [9.17, 15) is 19.2 Å². The molecule has 0 spiro atoms. The van der Waals surface area contributed by atoms with Crippen LogP contribution in [0.5, 0.6) is 0 Å². The molecule has 1 rings (SSSR count). The Hall–Kier alpha value is -2.42. The Morgan fingerprint density at radius 2 is 2.00 bits per heavy atom. The van der Waals surface area contributed by atoms with Crippen LogP contribution < -0.4 is 11.1 Å². The molecule has 0 bridgehead atoms. The maximum Gasteiger partial charge on any atom is 0.506 e. The Kier molecular flexibility index (Phi) is 10.8. The molecular formula is C15H24N2O7. The van der Waals surface area contributed by atoms with E-state index >= 15 is 0 Å². The lowest BCUT2D eigenvalue weighted by atomic mass is 9.94. The van der Waals surface area contributed by atoms with Crippen molar-refractivity contribution in [3.8, 4) is 0 Å². The second-order valence-electron chi connectivity index (χ2n) is 5.24. The average molecular weight is 344 g/mol. The lowest BCUT2D eigenvalue weighted by Crippen LogP contribution is -2.40. The zero-order valence-corrected chi connectivity index (χ0v) is 13.5. The standard InChI is InChI=1S/C10H14O4.C5H10N2O3/c11-7-8-3-1-2-4-9(6-5-8)14-10(12)13;1-7-3(5(6)10)2-4(8)9/h2,4,7-9H,1,3,5-6H2,(H,12,13);3,7H,2H2,1H3,(H2,6,10)(H,8,9)/b4-2+;. The summed E-state index contributed by atoms with van der Waals surface area (Å²) in [6.07, 6.45) is 5.60. The fraction of sp³-hybridized carbons (Fsp3) is 0.600. The number of hydrogen-bond acceptors (Lipinski definition) is 6. The molecule has 3 unspecified atom stereocenters. The molecule has 9 heteroatoms. The number of allylic oxidation sites excluding steroid dienone is 1. The molecule has 0 aromatic carbocycles. The molecule has 136 valence electrons. The first-order valence-electron chi connectivity index (χ1n) is 7.50. The number of carboxylic acids is 1. The van der Waals surface area contributed by atoms with Gasteiger partial charge in [0, 0.05) is 5.92 Å². The van der Waals surface area contributed by atoms with Gasteiger partial charge < -0.3 is 30.8 Å². The normalized spacial score (nSPS) is 22.5. The minimum absolute atomic E-state index is 0.0415. The number of hydrogen-bond donors (Lipinski definition) is 4. The zero-order valence-electron chi connectivity index (χ0n) is 13.5. The van der Waals surface area contributed by atoms with E-state index in [1.165, 1.54) is 7.05 Å². The number of nitrogens with one attached hydrogen (secondary N) is 1. The third-order valence-electron chi connectivity index (χ3n) is 3.39. The van der Waals surface area contributed by atoms with Gasteiger partial charge in [0.05, 0.1) is 12.5 Å². The SMILES string of the molecule is CNC(CC(=O)O)C(N)=O.O=CC1CC/C=C/C(OC(=O)O)CC1. The number of amides is 1. The largest absolute Gasteiger partial charge is 0.506 e. The molecule has 1 aliphatic carbocycles. The number of carbonyl (C=O) groups is 4. The van der Waals surface area contributed by atoms with Gasteiger partial charge in [0.15, 0.2) is 0 Å². The van der Waals surface area contributed by atoms with Gasteiger partial charge >= 0.3 is 12.1 Å². The van der Waals surface area contributed by atoms with Crippen LogP contribution in [0.15, 0.2) is 12.2 Å². The number of rotatable bonds is 6. The smallest absolute Gasteiger partial charge is 0.481 e. The first-order valence-corrected chi connectivity index (χ1v) is 7.50. The number of carbonyl (C=O) groups excluding carboxylic acids is 2. The summed E-state index contributed by atoms with van der Waals surface area (Å²) in [5.41, 5.74) is 4.83. The first kappa shape index (κ1) is 21.6. The molecule has 3 atom stereocenters. The van der Waals surface area contributed by atoms with Crippen LogP contribution in [0.25, 0.3) is 0 Å². The minimum atomic E-state index is -1.26. The molecule has 9 nitrogen and oxygen atoms in total. The van der Waals surface area contributed by atoms with Crippen molar-refractivity contribution in [2.45, 2.75) is 44.2 Å².